The molecule has 1 saturated carbocycles. The van der Waals surface area contributed by atoms with Gasteiger partial charge in [0.25, 0.3) is 0 Å². The van der Waals surface area contributed by atoms with E-state index in [1.807, 2.05) is 0 Å². The number of rotatable bonds is 2. The largest absolute Gasteiger partial charge is 0.481 e. The maximum Gasteiger partial charge on any atom is 0.309 e. The molecule has 1 amide bonds. The summed E-state index contributed by atoms with van der Waals surface area (Å²) in [7, 11) is 0. The number of likely N-dealkylation sites (tertiary alicyclic amines) is 1. The average molecular weight is 225 g/mol. The van der Waals surface area contributed by atoms with Crippen molar-refractivity contribution in [3.05, 3.63) is 0 Å². The lowest BCUT2D eigenvalue weighted by molar-refractivity contribution is -0.150. The van der Waals surface area contributed by atoms with E-state index in [-0.39, 0.29) is 24.2 Å². The first-order valence-corrected chi connectivity index (χ1v) is 5.63. The van der Waals surface area contributed by atoms with Gasteiger partial charge in [-0.05, 0) is 12.8 Å². The summed E-state index contributed by atoms with van der Waals surface area (Å²) < 4.78 is 0. The molecule has 1 N–H and O–H groups in total. The maximum atomic E-state index is 11.6. The molecule has 0 spiro atoms. The molecule has 0 aromatic rings. The fourth-order valence-corrected chi connectivity index (χ4v) is 2.64. The minimum atomic E-state index is -0.960. The minimum Gasteiger partial charge on any atom is -0.481 e. The van der Waals surface area contributed by atoms with E-state index < -0.39 is 11.9 Å². The molecule has 1 unspecified atom stereocenters. The van der Waals surface area contributed by atoms with Crippen LogP contribution in [-0.2, 0) is 14.4 Å². The van der Waals surface area contributed by atoms with Crippen molar-refractivity contribution in [3.8, 4) is 0 Å². The SMILES string of the molecule is O=C1CCC(N2CCCC2=O)[C@H](C(=O)O)C1. The molecule has 1 saturated heterocycles. The lowest BCUT2D eigenvalue weighted by Gasteiger charge is -2.35. The zero-order chi connectivity index (χ0) is 11.7. The van der Waals surface area contributed by atoms with Crippen LogP contribution in [0.4, 0.5) is 0 Å². The predicted molar refractivity (Wildman–Crippen MR) is 54.7 cm³/mol. The van der Waals surface area contributed by atoms with Crippen molar-refractivity contribution in [2.24, 2.45) is 5.92 Å². The van der Waals surface area contributed by atoms with Crippen LogP contribution in [0.1, 0.15) is 32.1 Å². The lowest BCUT2D eigenvalue weighted by Crippen LogP contribution is -2.47. The molecule has 1 aliphatic carbocycles. The molecule has 16 heavy (non-hydrogen) atoms. The van der Waals surface area contributed by atoms with Crippen molar-refractivity contribution >= 4 is 17.7 Å². The van der Waals surface area contributed by atoms with E-state index in [1.165, 1.54) is 0 Å². The second kappa shape index (κ2) is 4.23. The summed E-state index contributed by atoms with van der Waals surface area (Å²) in [5.41, 5.74) is 0. The second-order valence-electron chi connectivity index (χ2n) is 4.48. The Bertz CT molecular complexity index is 339. The third kappa shape index (κ3) is 1.94. The average Bonchev–Trinajstić information content (AvgIpc) is 2.64. The van der Waals surface area contributed by atoms with E-state index in [1.54, 1.807) is 4.90 Å². The van der Waals surface area contributed by atoms with E-state index in [9.17, 15) is 14.4 Å². The van der Waals surface area contributed by atoms with Gasteiger partial charge in [-0.25, -0.2) is 0 Å². The van der Waals surface area contributed by atoms with Gasteiger partial charge in [0, 0.05) is 31.8 Å². The van der Waals surface area contributed by atoms with Gasteiger partial charge >= 0.3 is 5.97 Å². The van der Waals surface area contributed by atoms with E-state index in [4.69, 9.17) is 5.11 Å². The Morgan fingerprint density at radius 3 is 2.62 bits per heavy atom. The molecule has 2 aliphatic rings. The molecule has 5 nitrogen and oxygen atoms in total. The highest BCUT2D eigenvalue weighted by Gasteiger charge is 2.40. The molecule has 0 aromatic carbocycles. The molecule has 2 atom stereocenters. The van der Waals surface area contributed by atoms with Crippen LogP contribution in [0.5, 0.6) is 0 Å². The van der Waals surface area contributed by atoms with E-state index in [0.717, 1.165) is 6.42 Å². The number of nitrogens with zero attached hydrogens (tertiary/aromatic N) is 1. The standard InChI is InChI=1S/C11H15NO4/c13-7-3-4-9(8(6-7)11(15)16)12-5-1-2-10(12)14/h8-9H,1-6H2,(H,15,16)/t8-,9?/m1/s1. The number of carbonyl (C=O) groups excluding carboxylic acids is 2. The Morgan fingerprint density at radius 1 is 1.31 bits per heavy atom. The van der Waals surface area contributed by atoms with E-state index >= 15 is 0 Å². The van der Waals surface area contributed by atoms with Gasteiger partial charge in [0.15, 0.2) is 0 Å². The van der Waals surface area contributed by atoms with Crippen LogP contribution in [-0.4, -0.2) is 40.3 Å². The van der Waals surface area contributed by atoms with Crippen molar-refractivity contribution < 1.29 is 19.5 Å². The summed E-state index contributed by atoms with van der Waals surface area (Å²) in [5.74, 6) is -1.64. The zero-order valence-corrected chi connectivity index (χ0v) is 9.02. The Hall–Kier alpha value is -1.39. The Balaban J connectivity index is 2.14. The van der Waals surface area contributed by atoms with Crippen LogP contribution in [0.2, 0.25) is 0 Å². The van der Waals surface area contributed by atoms with Gasteiger partial charge in [0.2, 0.25) is 5.91 Å². The molecule has 88 valence electrons. The summed E-state index contributed by atoms with van der Waals surface area (Å²) in [6.07, 6.45) is 2.29. The number of amides is 1. The Labute approximate surface area is 93.4 Å². The lowest BCUT2D eigenvalue weighted by atomic mass is 9.83. The summed E-state index contributed by atoms with van der Waals surface area (Å²) in [6, 6.07) is -0.273. The number of ketones is 1. The monoisotopic (exact) mass is 225 g/mol. The molecule has 0 bridgehead atoms. The van der Waals surface area contributed by atoms with Gasteiger partial charge in [0.05, 0.1) is 5.92 Å². The topological polar surface area (TPSA) is 74.7 Å². The van der Waals surface area contributed by atoms with Crippen LogP contribution in [0.25, 0.3) is 0 Å². The molecule has 2 fully saturated rings. The third-order valence-corrected chi connectivity index (χ3v) is 3.46. The van der Waals surface area contributed by atoms with Crippen LogP contribution < -0.4 is 0 Å². The van der Waals surface area contributed by atoms with Gasteiger partial charge < -0.3 is 10.0 Å². The number of carbonyl (C=O) groups is 3. The van der Waals surface area contributed by atoms with E-state index in [0.29, 0.717) is 25.8 Å². The van der Waals surface area contributed by atoms with Crippen LogP contribution in [0.3, 0.4) is 0 Å². The van der Waals surface area contributed by atoms with Crippen LogP contribution >= 0.6 is 0 Å². The number of hydrogen-bond donors (Lipinski definition) is 1. The highest BCUT2D eigenvalue weighted by atomic mass is 16.4. The van der Waals surface area contributed by atoms with Gasteiger partial charge in [-0.15, -0.1) is 0 Å². The molecule has 2 rings (SSSR count). The fraction of sp³-hybridized carbons (Fsp3) is 0.727. The first-order valence-electron chi connectivity index (χ1n) is 5.63. The van der Waals surface area contributed by atoms with Crippen LogP contribution in [0, 0.1) is 5.92 Å². The molecule has 5 heteroatoms. The highest BCUT2D eigenvalue weighted by molar-refractivity contribution is 5.87. The minimum absolute atomic E-state index is 0.00436. The van der Waals surface area contributed by atoms with Crippen molar-refractivity contribution in [2.45, 2.75) is 38.1 Å². The molecule has 1 aliphatic heterocycles. The smallest absolute Gasteiger partial charge is 0.309 e. The van der Waals surface area contributed by atoms with Gasteiger partial charge in [0.1, 0.15) is 5.78 Å². The predicted octanol–water partition coefficient (Wildman–Crippen LogP) is 0.431. The Morgan fingerprint density at radius 2 is 2.06 bits per heavy atom. The summed E-state index contributed by atoms with van der Waals surface area (Å²) in [6.45, 7) is 0.640. The quantitative estimate of drug-likeness (QED) is 0.739. The van der Waals surface area contributed by atoms with Crippen molar-refractivity contribution in [1.82, 2.24) is 4.90 Å². The number of carboxylic acids is 1. The molecule has 0 aromatic heterocycles. The Kier molecular flexibility index (Phi) is 2.94. The van der Waals surface area contributed by atoms with Gasteiger partial charge in [-0.2, -0.15) is 0 Å². The zero-order valence-electron chi connectivity index (χ0n) is 9.02. The number of Topliss-reactive ketones (excluding diaryl/α,β-unsaturated/α-hetero) is 1. The number of aliphatic carboxylic acids is 1. The first kappa shape index (κ1) is 11.1. The van der Waals surface area contributed by atoms with Crippen molar-refractivity contribution in [1.29, 1.82) is 0 Å². The molecular weight excluding hydrogens is 210 g/mol. The third-order valence-electron chi connectivity index (χ3n) is 3.46. The molecule has 1 heterocycles. The van der Waals surface area contributed by atoms with Gasteiger partial charge in [-0.3, -0.25) is 14.4 Å². The van der Waals surface area contributed by atoms with Crippen LogP contribution in [0.15, 0.2) is 0 Å². The van der Waals surface area contributed by atoms with Gasteiger partial charge in [-0.1, -0.05) is 0 Å². The normalized spacial score (nSPS) is 30.9. The number of hydrogen-bond acceptors (Lipinski definition) is 3. The first-order chi connectivity index (χ1) is 7.59. The van der Waals surface area contributed by atoms with E-state index in [2.05, 4.69) is 0 Å². The van der Waals surface area contributed by atoms with Crippen molar-refractivity contribution in [3.63, 3.8) is 0 Å². The maximum absolute atomic E-state index is 11.6. The molecule has 0 radical (unpaired) electrons. The molecular formula is C11H15NO4. The summed E-state index contributed by atoms with van der Waals surface area (Å²) in [4.78, 5) is 35.6. The fourth-order valence-electron chi connectivity index (χ4n) is 2.64. The summed E-state index contributed by atoms with van der Waals surface area (Å²) >= 11 is 0. The summed E-state index contributed by atoms with van der Waals surface area (Å²) in [5, 5.41) is 9.08. The highest BCUT2D eigenvalue weighted by Crippen LogP contribution is 2.29. The second-order valence-corrected chi connectivity index (χ2v) is 4.48. The van der Waals surface area contributed by atoms with Crippen molar-refractivity contribution in [2.75, 3.05) is 6.54 Å². The number of carboxylic acid groups (broad SMARTS) is 1.